The van der Waals surface area contributed by atoms with Crippen LogP contribution in [0.3, 0.4) is 0 Å². The Bertz CT molecular complexity index is 878. The molecule has 1 aromatic heterocycles. The van der Waals surface area contributed by atoms with Crippen LogP contribution in [0.5, 0.6) is 0 Å². The van der Waals surface area contributed by atoms with E-state index >= 15 is 0 Å². The predicted molar refractivity (Wildman–Crippen MR) is 106 cm³/mol. The molecular formula is C20H22FN3O4S. The molecule has 2 aromatic rings. The second kappa shape index (κ2) is 9.60. The van der Waals surface area contributed by atoms with E-state index in [1.165, 1.54) is 35.8 Å². The fourth-order valence-electron chi connectivity index (χ4n) is 3.05. The van der Waals surface area contributed by atoms with Crippen LogP contribution in [-0.4, -0.2) is 35.0 Å². The van der Waals surface area contributed by atoms with E-state index in [-0.39, 0.29) is 17.6 Å². The first-order valence-corrected chi connectivity index (χ1v) is 10.3. The van der Waals surface area contributed by atoms with Gasteiger partial charge in [0.15, 0.2) is 11.8 Å². The fraction of sp³-hybridized carbons (Fsp3) is 0.400. The zero-order valence-electron chi connectivity index (χ0n) is 15.9. The third-order valence-corrected chi connectivity index (χ3v) is 5.53. The molecule has 0 aliphatic heterocycles. The SMILES string of the molecule is C[C@@H](OC(=O)c1csc(-c2ccc(F)cc2)n1)C(=O)NC(=O)NC1CCCCC1. The van der Waals surface area contributed by atoms with Gasteiger partial charge in [0.25, 0.3) is 5.91 Å². The van der Waals surface area contributed by atoms with Crippen molar-refractivity contribution < 1.29 is 23.5 Å². The summed E-state index contributed by atoms with van der Waals surface area (Å²) in [5, 5.41) is 7.00. The number of aromatic nitrogens is 1. The molecule has 1 atom stereocenters. The number of carbonyl (C=O) groups is 3. The van der Waals surface area contributed by atoms with Crippen LogP contribution in [0, 0.1) is 5.82 Å². The second-order valence-electron chi connectivity index (χ2n) is 6.89. The summed E-state index contributed by atoms with van der Waals surface area (Å²) in [5.74, 6) is -1.84. The number of nitrogens with one attached hydrogen (secondary N) is 2. The van der Waals surface area contributed by atoms with E-state index in [2.05, 4.69) is 15.6 Å². The summed E-state index contributed by atoms with van der Waals surface area (Å²) >= 11 is 1.20. The van der Waals surface area contributed by atoms with E-state index in [4.69, 9.17) is 4.74 Å². The summed E-state index contributed by atoms with van der Waals surface area (Å²) in [7, 11) is 0. The summed E-state index contributed by atoms with van der Waals surface area (Å²) in [6, 6.07) is 5.21. The number of benzene rings is 1. The smallest absolute Gasteiger partial charge is 0.358 e. The Kier molecular flexibility index (Phi) is 6.92. The van der Waals surface area contributed by atoms with Gasteiger partial charge in [0, 0.05) is 17.0 Å². The van der Waals surface area contributed by atoms with E-state index in [9.17, 15) is 18.8 Å². The van der Waals surface area contributed by atoms with Crippen LogP contribution >= 0.6 is 11.3 Å². The second-order valence-corrected chi connectivity index (χ2v) is 7.75. The van der Waals surface area contributed by atoms with Crippen molar-refractivity contribution in [3.8, 4) is 10.6 Å². The molecule has 0 spiro atoms. The number of ether oxygens (including phenoxy) is 1. The van der Waals surface area contributed by atoms with Crippen LogP contribution in [-0.2, 0) is 9.53 Å². The Balaban J connectivity index is 1.51. The maximum Gasteiger partial charge on any atom is 0.358 e. The van der Waals surface area contributed by atoms with Crippen molar-refractivity contribution in [3.05, 3.63) is 41.2 Å². The van der Waals surface area contributed by atoms with Gasteiger partial charge in [-0.3, -0.25) is 10.1 Å². The topological polar surface area (TPSA) is 97.4 Å². The molecule has 2 N–H and O–H groups in total. The normalized spacial score (nSPS) is 15.4. The van der Waals surface area contributed by atoms with E-state index in [1.54, 1.807) is 12.1 Å². The van der Waals surface area contributed by atoms with E-state index in [0.29, 0.717) is 10.6 Å². The van der Waals surface area contributed by atoms with Crippen LogP contribution in [0.15, 0.2) is 29.6 Å². The van der Waals surface area contributed by atoms with Gasteiger partial charge in [0.05, 0.1) is 0 Å². The number of carbonyl (C=O) groups excluding carboxylic acids is 3. The summed E-state index contributed by atoms with van der Waals surface area (Å²) in [5.41, 5.74) is 0.709. The van der Waals surface area contributed by atoms with Gasteiger partial charge in [-0.15, -0.1) is 11.3 Å². The lowest BCUT2D eigenvalue weighted by molar-refractivity contribution is -0.127. The number of rotatable bonds is 5. The Labute approximate surface area is 171 Å². The average Bonchev–Trinajstić information content (AvgIpc) is 3.19. The number of halogens is 1. The summed E-state index contributed by atoms with van der Waals surface area (Å²) in [4.78, 5) is 40.5. The molecule has 1 aliphatic carbocycles. The highest BCUT2D eigenvalue weighted by atomic mass is 32.1. The number of hydrogen-bond donors (Lipinski definition) is 2. The first kappa shape index (κ1) is 20.9. The molecule has 1 heterocycles. The molecule has 1 saturated carbocycles. The van der Waals surface area contributed by atoms with Crippen molar-refractivity contribution in [2.75, 3.05) is 0 Å². The molecule has 9 heteroatoms. The van der Waals surface area contributed by atoms with Gasteiger partial charge in [-0.1, -0.05) is 19.3 Å². The Morgan fingerprint density at radius 2 is 1.86 bits per heavy atom. The molecule has 1 aliphatic rings. The predicted octanol–water partition coefficient (Wildman–Crippen LogP) is 3.65. The van der Waals surface area contributed by atoms with Crippen LogP contribution in [0.2, 0.25) is 0 Å². The molecule has 0 radical (unpaired) electrons. The van der Waals surface area contributed by atoms with E-state index in [0.717, 1.165) is 32.1 Å². The minimum Gasteiger partial charge on any atom is -0.448 e. The highest BCUT2D eigenvalue weighted by Gasteiger charge is 2.24. The lowest BCUT2D eigenvalue weighted by Gasteiger charge is -2.23. The third kappa shape index (κ3) is 5.83. The molecule has 29 heavy (non-hydrogen) atoms. The molecule has 7 nitrogen and oxygen atoms in total. The Morgan fingerprint density at radius 1 is 1.17 bits per heavy atom. The average molecular weight is 419 g/mol. The van der Waals surface area contributed by atoms with Crippen LogP contribution in [0.1, 0.15) is 49.5 Å². The van der Waals surface area contributed by atoms with E-state index in [1.807, 2.05) is 0 Å². The van der Waals surface area contributed by atoms with Gasteiger partial charge in [0.1, 0.15) is 10.8 Å². The van der Waals surface area contributed by atoms with Gasteiger partial charge in [-0.2, -0.15) is 0 Å². The third-order valence-electron chi connectivity index (χ3n) is 4.63. The quantitative estimate of drug-likeness (QED) is 0.721. The van der Waals surface area contributed by atoms with Gasteiger partial charge >= 0.3 is 12.0 Å². The number of nitrogens with zero attached hydrogens (tertiary/aromatic N) is 1. The van der Waals surface area contributed by atoms with Crippen LogP contribution < -0.4 is 10.6 Å². The molecule has 3 rings (SSSR count). The van der Waals surface area contributed by atoms with Crippen molar-refractivity contribution in [2.24, 2.45) is 0 Å². The van der Waals surface area contributed by atoms with Gasteiger partial charge < -0.3 is 10.1 Å². The number of hydrogen-bond acceptors (Lipinski definition) is 6. The molecule has 1 aromatic carbocycles. The molecule has 1 fully saturated rings. The van der Waals surface area contributed by atoms with Gasteiger partial charge in [-0.05, 0) is 44.0 Å². The molecule has 0 bridgehead atoms. The first-order valence-electron chi connectivity index (χ1n) is 9.46. The molecule has 0 unspecified atom stereocenters. The van der Waals surface area contributed by atoms with Crippen molar-refractivity contribution in [3.63, 3.8) is 0 Å². The lowest BCUT2D eigenvalue weighted by atomic mass is 9.96. The number of amides is 3. The van der Waals surface area contributed by atoms with Crippen LogP contribution in [0.25, 0.3) is 10.6 Å². The first-order chi connectivity index (χ1) is 13.9. The minimum atomic E-state index is -1.16. The number of thiazole rings is 1. The molecule has 154 valence electrons. The zero-order valence-corrected chi connectivity index (χ0v) is 16.8. The minimum absolute atomic E-state index is 0.0423. The highest BCUT2D eigenvalue weighted by molar-refractivity contribution is 7.13. The maximum absolute atomic E-state index is 13.0. The van der Waals surface area contributed by atoms with E-state index < -0.39 is 24.0 Å². The van der Waals surface area contributed by atoms with Crippen molar-refractivity contribution in [2.45, 2.75) is 51.2 Å². The largest absolute Gasteiger partial charge is 0.448 e. The molecule has 0 saturated heterocycles. The van der Waals surface area contributed by atoms with Gasteiger partial charge in [0.2, 0.25) is 0 Å². The maximum atomic E-state index is 13.0. The van der Waals surface area contributed by atoms with Crippen LogP contribution in [0.4, 0.5) is 9.18 Å². The monoisotopic (exact) mass is 419 g/mol. The van der Waals surface area contributed by atoms with Gasteiger partial charge in [-0.25, -0.2) is 19.0 Å². The van der Waals surface area contributed by atoms with Crippen molar-refractivity contribution in [1.82, 2.24) is 15.6 Å². The highest BCUT2D eigenvalue weighted by Crippen LogP contribution is 2.24. The summed E-state index contributed by atoms with van der Waals surface area (Å²) in [6.07, 6.45) is 3.90. The zero-order chi connectivity index (χ0) is 20.8. The standard InChI is InChI=1S/C20H22FN3O4S/c1-12(17(25)24-20(27)22-15-5-3-2-4-6-15)28-19(26)16-11-29-18(23-16)13-7-9-14(21)10-8-13/h7-12,15H,2-6H2,1H3,(H2,22,24,25,27)/t12-/m1/s1. The Morgan fingerprint density at radius 3 is 2.55 bits per heavy atom. The number of urea groups is 1. The molecule has 3 amide bonds. The number of imide groups is 1. The fourth-order valence-corrected chi connectivity index (χ4v) is 3.84. The number of esters is 1. The Hall–Kier alpha value is -2.81. The van der Waals surface area contributed by atoms with Crippen molar-refractivity contribution in [1.29, 1.82) is 0 Å². The van der Waals surface area contributed by atoms with Crippen molar-refractivity contribution >= 4 is 29.2 Å². The summed E-state index contributed by atoms with van der Waals surface area (Å²) < 4.78 is 18.1. The molecular weight excluding hydrogens is 397 g/mol. The summed E-state index contributed by atoms with van der Waals surface area (Å²) in [6.45, 7) is 1.38. The lowest BCUT2D eigenvalue weighted by Crippen LogP contribution is -2.48.